The van der Waals surface area contributed by atoms with Gasteiger partial charge < -0.3 is 20.2 Å². The van der Waals surface area contributed by atoms with Crippen molar-refractivity contribution in [2.75, 3.05) is 38.6 Å². The molecular weight excluding hydrogens is 260 g/mol. The van der Waals surface area contributed by atoms with Crippen molar-refractivity contribution in [2.24, 2.45) is 0 Å². The number of anilines is 1. The zero-order valence-corrected chi connectivity index (χ0v) is 11.5. The lowest BCUT2D eigenvalue weighted by Crippen LogP contribution is -2.55. The number of hydrogen-bond donors (Lipinski definition) is 2. The SMILES string of the molecule is CN(C)C(=O)c1cc(N2CCNCC2C(=O)O)ccn1. The molecule has 20 heavy (non-hydrogen) atoms. The molecule has 2 rings (SSSR count). The molecule has 0 aromatic carbocycles. The molecule has 108 valence electrons. The number of aliphatic carboxylic acids is 1. The first kappa shape index (κ1) is 14.3. The second-order valence-corrected chi connectivity index (χ2v) is 4.85. The van der Waals surface area contributed by atoms with Gasteiger partial charge >= 0.3 is 5.97 Å². The molecule has 7 nitrogen and oxygen atoms in total. The predicted octanol–water partition coefficient (Wildman–Crippen LogP) is -0.354. The van der Waals surface area contributed by atoms with Crippen LogP contribution in [0.15, 0.2) is 18.3 Å². The first-order chi connectivity index (χ1) is 9.50. The number of carbonyl (C=O) groups excluding carboxylic acids is 1. The number of piperazine rings is 1. The van der Waals surface area contributed by atoms with E-state index in [0.717, 1.165) is 0 Å². The lowest BCUT2D eigenvalue weighted by atomic mass is 10.1. The summed E-state index contributed by atoms with van der Waals surface area (Å²) in [6.07, 6.45) is 1.53. The Bertz CT molecular complexity index is 518. The van der Waals surface area contributed by atoms with Gasteiger partial charge in [0.25, 0.3) is 5.91 Å². The van der Waals surface area contributed by atoms with Crippen LogP contribution in [0.2, 0.25) is 0 Å². The van der Waals surface area contributed by atoms with Gasteiger partial charge in [0, 0.05) is 45.6 Å². The summed E-state index contributed by atoms with van der Waals surface area (Å²) in [5.74, 6) is -1.08. The molecule has 2 N–H and O–H groups in total. The van der Waals surface area contributed by atoms with Crippen LogP contribution >= 0.6 is 0 Å². The van der Waals surface area contributed by atoms with Crippen molar-refractivity contribution in [1.82, 2.24) is 15.2 Å². The number of hydrogen-bond acceptors (Lipinski definition) is 5. The third-order valence-corrected chi connectivity index (χ3v) is 3.23. The highest BCUT2D eigenvalue weighted by Gasteiger charge is 2.29. The van der Waals surface area contributed by atoms with Gasteiger partial charge in [0.15, 0.2) is 0 Å². The molecule has 1 amide bonds. The van der Waals surface area contributed by atoms with Crippen molar-refractivity contribution in [3.8, 4) is 0 Å². The first-order valence-corrected chi connectivity index (χ1v) is 6.38. The molecule has 0 saturated carbocycles. The Morgan fingerprint density at radius 1 is 1.50 bits per heavy atom. The van der Waals surface area contributed by atoms with Gasteiger partial charge in [0.05, 0.1) is 0 Å². The molecule has 1 fully saturated rings. The predicted molar refractivity (Wildman–Crippen MR) is 73.9 cm³/mol. The maximum atomic E-state index is 11.9. The summed E-state index contributed by atoms with van der Waals surface area (Å²) in [6, 6.07) is 2.74. The zero-order valence-electron chi connectivity index (χ0n) is 11.5. The molecule has 1 aliphatic heterocycles. The Hall–Kier alpha value is -2.15. The van der Waals surface area contributed by atoms with Crippen LogP contribution in [0, 0.1) is 0 Å². The van der Waals surface area contributed by atoms with E-state index in [4.69, 9.17) is 0 Å². The summed E-state index contributed by atoms with van der Waals surface area (Å²) in [5.41, 5.74) is 1.02. The second kappa shape index (κ2) is 5.87. The molecule has 1 aromatic rings. The molecule has 0 bridgehead atoms. The number of amides is 1. The van der Waals surface area contributed by atoms with E-state index in [0.29, 0.717) is 31.0 Å². The van der Waals surface area contributed by atoms with Crippen LogP contribution in [0.25, 0.3) is 0 Å². The van der Waals surface area contributed by atoms with E-state index in [1.807, 2.05) is 0 Å². The summed E-state index contributed by atoms with van der Waals surface area (Å²) in [6.45, 7) is 1.67. The van der Waals surface area contributed by atoms with Crippen LogP contribution in [-0.2, 0) is 4.79 Å². The molecule has 1 atom stereocenters. The van der Waals surface area contributed by atoms with Gasteiger partial charge in [-0.1, -0.05) is 0 Å². The minimum atomic E-state index is -0.880. The monoisotopic (exact) mass is 278 g/mol. The van der Waals surface area contributed by atoms with Gasteiger partial charge in [-0.15, -0.1) is 0 Å². The second-order valence-electron chi connectivity index (χ2n) is 4.85. The third-order valence-electron chi connectivity index (χ3n) is 3.23. The number of carbonyl (C=O) groups is 2. The normalized spacial score (nSPS) is 18.7. The smallest absolute Gasteiger partial charge is 0.327 e. The lowest BCUT2D eigenvalue weighted by molar-refractivity contribution is -0.138. The molecule has 0 radical (unpaired) electrons. The van der Waals surface area contributed by atoms with Crippen LogP contribution in [0.3, 0.4) is 0 Å². The molecule has 1 saturated heterocycles. The number of pyridine rings is 1. The molecule has 1 aliphatic rings. The maximum absolute atomic E-state index is 11.9. The van der Waals surface area contributed by atoms with E-state index in [-0.39, 0.29) is 5.91 Å². The van der Waals surface area contributed by atoms with Crippen molar-refractivity contribution in [1.29, 1.82) is 0 Å². The number of aromatic nitrogens is 1. The van der Waals surface area contributed by atoms with E-state index >= 15 is 0 Å². The van der Waals surface area contributed by atoms with E-state index in [1.165, 1.54) is 11.1 Å². The van der Waals surface area contributed by atoms with E-state index in [2.05, 4.69) is 10.3 Å². The molecule has 0 spiro atoms. The minimum Gasteiger partial charge on any atom is -0.480 e. The molecule has 2 heterocycles. The van der Waals surface area contributed by atoms with Crippen LogP contribution in [0.1, 0.15) is 10.5 Å². The van der Waals surface area contributed by atoms with Crippen molar-refractivity contribution in [3.05, 3.63) is 24.0 Å². The number of nitrogens with one attached hydrogen (secondary N) is 1. The lowest BCUT2D eigenvalue weighted by Gasteiger charge is -2.35. The largest absolute Gasteiger partial charge is 0.480 e. The van der Waals surface area contributed by atoms with Gasteiger partial charge in [-0.05, 0) is 12.1 Å². The van der Waals surface area contributed by atoms with Gasteiger partial charge in [-0.2, -0.15) is 0 Å². The van der Waals surface area contributed by atoms with E-state index in [1.54, 1.807) is 31.1 Å². The van der Waals surface area contributed by atoms with E-state index in [9.17, 15) is 14.7 Å². The third kappa shape index (κ3) is 2.88. The average molecular weight is 278 g/mol. The molecule has 1 unspecified atom stereocenters. The van der Waals surface area contributed by atoms with Crippen LogP contribution < -0.4 is 10.2 Å². The number of carboxylic acid groups (broad SMARTS) is 1. The summed E-state index contributed by atoms with van der Waals surface area (Å²) in [7, 11) is 3.31. The maximum Gasteiger partial charge on any atom is 0.327 e. The highest BCUT2D eigenvalue weighted by atomic mass is 16.4. The van der Waals surface area contributed by atoms with Gasteiger partial charge in [0.1, 0.15) is 11.7 Å². The van der Waals surface area contributed by atoms with Crippen molar-refractivity contribution < 1.29 is 14.7 Å². The molecule has 0 aliphatic carbocycles. The molecular formula is C13H18N4O3. The van der Waals surface area contributed by atoms with Gasteiger partial charge in [-0.3, -0.25) is 9.78 Å². The van der Waals surface area contributed by atoms with Gasteiger partial charge in [-0.25, -0.2) is 4.79 Å². The highest BCUT2D eigenvalue weighted by Crippen LogP contribution is 2.19. The highest BCUT2D eigenvalue weighted by molar-refractivity contribution is 5.93. The van der Waals surface area contributed by atoms with Crippen molar-refractivity contribution >= 4 is 17.6 Å². The van der Waals surface area contributed by atoms with Crippen LogP contribution in [-0.4, -0.2) is 66.6 Å². The van der Waals surface area contributed by atoms with E-state index < -0.39 is 12.0 Å². The van der Waals surface area contributed by atoms with Crippen LogP contribution in [0.5, 0.6) is 0 Å². The summed E-state index contributed by atoms with van der Waals surface area (Å²) < 4.78 is 0. The molecule has 1 aromatic heterocycles. The first-order valence-electron chi connectivity index (χ1n) is 6.38. The fourth-order valence-corrected chi connectivity index (χ4v) is 2.18. The topological polar surface area (TPSA) is 85.8 Å². The Morgan fingerprint density at radius 2 is 2.25 bits per heavy atom. The number of nitrogens with zero attached hydrogens (tertiary/aromatic N) is 3. The van der Waals surface area contributed by atoms with Crippen molar-refractivity contribution in [2.45, 2.75) is 6.04 Å². The molecule has 7 heteroatoms. The Morgan fingerprint density at radius 3 is 2.90 bits per heavy atom. The zero-order chi connectivity index (χ0) is 14.7. The minimum absolute atomic E-state index is 0.200. The summed E-state index contributed by atoms with van der Waals surface area (Å²) >= 11 is 0. The number of carboxylic acids is 1. The summed E-state index contributed by atoms with van der Waals surface area (Å²) in [4.78, 5) is 30.5. The fourth-order valence-electron chi connectivity index (χ4n) is 2.18. The Kier molecular flexibility index (Phi) is 4.19. The Balaban J connectivity index is 2.29. The average Bonchev–Trinajstić information content (AvgIpc) is 2.46. The van der Waals surface area contributed by atoms with Crippen molar-refractivity contribution in [3.63, 3.8) is 0 Å². The standard InChI is InChI=1S/C13H18N4O3/c1-16(2)12(18)10-7-9(3-4-15-10)17-6-5-14-8-11(17)13(19)20/h3-4,7,11,14H,5-6,8H2,1-2H3,(H,19,20). The fraction of sp³-hybridized carbons (Fsp3) is 0.462. The van der Waals surface area contributed by atoms with Crippen LogP contribution in [0.4, 0.5) is 5.69 Å². The quantitative estimate of drug-likeness (QED) is 0.786. The number of rotatable bonds is 3. The Labute approximate surface area is 117 Å². The summed E-state index contributed by atoms with van der Waals surface area (Å²) in [5, 5.41) is 12.3. The van der Waals surface area contributed by atoms with Gasteiger partial charge in [0.2, 0.25) is 0 Å².